The number of hydrogen-bond donors (Lipinski definition) is 1. The number of carbonyl (C=O) groups is 1. The molecule has 2 aliphatic rings. The Bertz CT molecular complexity index is 260. The summed E-state index contributed by atoms with van der Waals surface area (Å²) < 4.78 is 16.3. The highest BCUT2D eigenvalue weighted by Crippen LogP contribution is 2.18. The Morgan fingerprint density at radius 3 is 2.72 bits per heavy atom. The number of nitrogens with one attached hydrogen (secondary N) is 1. The van der Waals surface area contributed by atoms with Crippen molar-refractivity contribution in [1.29, 1.82) is 0 Å². The molecule has 104 valence electrons. The van der Waals surface area contributed by atoms with Crippen LogP contribution in [0.15, 0.2) is 0 Å². The number of rotatable bonds is 6. The molecule has 0 radical (unpaired) electrons. The zero-order valence-electron chi connectivity index (χ0n) is 11.0. The molecule has 2 aliphatic heterocycles. The van der Waals surface area contributed by atoms with Gasteiger partial charge in [-0.2, -0.15) is 0 Å². The molecular formula is C13H23NO4. The number of esters is 1. The van der Waals surface area contributed by atoms with Gasteiger partial charge in [-0.25, -0.2) is 0 Å². The van der Waals surface area contributed by atoms with Crippen molar-refractivity contribution in [2.75, 3.05) is 26.4 Å². The van der Waals surface area contributed by atoms with Crippen LogP contribution in [-0.4, -0.2) is 50.6 Å². The van der Waals surface area contributed by atoms with Crippen LogP contribution >= 0.6 is 0 Å². The van der Waals surface area contributed by atoms with Crippen LogP contribution in [0.5, 0.6) is 0 Å². The second-order valence-corrected chi connectivity index (χ2v) is 4.82. The summed E-state index contributed by atoms with van der Waals surface area (Å²) in [6.07, 6.45) is 4.28. The molecule has 0 aromatic heterocycles. The molecule has 0 amide bonds. The van der Waals surface area contributed by atoms with Crippen molar-refractivity contribution in [3.05, 3.63) is 0 Å². The van der Waals surface area contributed by atoms with E-state index in [2.05, 4.69) is 5.32 Å². The normalized spacial score (nSPS) is 29.4. The summed E-state index contributed by atoms with van der Waals surface area (Å²) in [6.45, 7) is 4.50. The van der Waals surface area contributed by atoms with Crippen molar-refractivity contribution in [2.24, 2.45) is 0 Å². The highest BCUT2D eigenvalue weighted by atomic mass is 16.5. The molecule has 2 rings (SSSR count). The zero-order chi connectivity index (χ0) is 12.8. The van der Waals surface area contributed by atoms with Crippen molar-refractivity contribution in [1.82, 2.24) is 5.32 Å². The summed E-state index contributed by atoms with van der Waals surface area (Å²) in [6, 6.07) is -0.350. The molecule has 2 saturated heterocycles. The smallest absolute Gasteiger partial charge is 0.325 e. The molecule has 5 heteroatoms. The summed E-state index contributed by atoms with van der Waals surface area (Å²) in [4.78, 5) is 11.9. The lowest BCUT2D eigenvalue weighted by Gasteiger charge is -2.23. The third-order valence-corrected chi connectivity index (χ3v) is 3.47. The largest absolute Gasteiger partial charge is 0.465 e. The van der Waals surface area contributed by atoms with Gasteiger partial charge in [-0.1, -0.05) is 0 Å². The van der Waals surface area contributed by atoms with Crippen LogP contribution in [0.25, 0.3) is 0 Å². The molecule has 5 nitrogen and oxygen atoms in total. The zero-order valence-corrected chi connectivity index (χ0v) is 11.0. The predicted molar refractivity (Wildman–Crippen MR) is 66.4 cm³/mol. The van der Waals surface area contributed by atoms with E-state index in [1.165, 1.54) is 0 Å². The first-order valence-electron chi connectivity index (χ1n) is 6.94. The molecule has 2 fully saturated rings. The van der Waals surface area contributed by atoms with E-state index >= 15 is 0 Å². The minimum atomic E-state index is -0.350. The van der Waals surface area contributed by atoms with Crippen LogP contribution in [0.3, 0.4) is 0 Å². The third-order valence-electron chi connectivity index (χ3n) is 3.47. The summed E-state index contributed by atoms with van der Waals surface area (Å²) in [5.41, 5.74) is 0. The van der Waals surface area contributed by atoms with Crippen molar-refractivity contribution >= 4 is 5.97 Å². The molecule has 0 aromatic rings. The molecule has 2 heterocycles. The van der Waals surface area contributed by atoms with Crippen molar-refractivity contribution in [2.45, 2.75) is 50.9 Å². The van der Waals surface area contributed by atoms with Crippen LogP contribution < -0.4 is 5.32 Å². The Morgan fingerprint density at radius 2 is 2.11 bits per heavy atom. The second kappa shape index (κ2) is 7.07. The van der Waals surface area contributed by atoms with Gasteiger partial charge in [0.1, 0.15) is 6.04 Å². The van der Waals surface area contributed by atoms with E-state index in [4.69, 9.17) is 14.2 Å². The molecule has 0 aliphatic carbocycles. The highest BCUT2D eigenvalue weighted by molar-refractivity contribution is 5.76. The quantitative estimate of drug-likeness (QED) is 0.715. The van der Waals surface area contributed by atoms with Crippen LogP contribution in [0.4, 0.5) is 0 Å². The van der Waals surface area contributed by atoms with Gasteiger partial charge in [0.15, 0.2) is 0 Å². The van der Waals surface area contributed by atoms with Gasteiger partial charge in [-0.15, -0.1) is 0 Å². The van der Waals surface area contributed by atoms with Crippen molar-refractivity contribution < 1.29 is 19.0 Å². The lowest BCUT2D eigenvalue weighted by Crippen LogP contribution is -2.49. The minimum absolute atomic E-state index is 0.0505. The number of ether oxygens (including phenoxy) is 3. The second-order valence-electron chi connectivity index (χ2n) is 4.82. The van der Waals surface area contributed by atoms with Gasteiger partial charge in [0.05, 0.1) is 18.8 Å². The molecule has 0 spiro atoms. The SMILES string of the molecule is CCOC(=O)C(NCC1CCCO1)C1CCCO1. The predicted octanol–water partition coefficient (Wildman–Crippen LogP) is 0.866. The topological polar surface area (TPSA) is 56.8 Å². The van der Waals surface area contributed by atoms with Crippen molar-refractivity contribution in [3.63, 3.8) is 0 Å². The van der Waals surface area contributed by atoms with Crippen LogP contribution in [0.1, 0.15) is 32.6 Å². The summed E-state index contributed by atoms with van der Waals surface area (Å²) in [5.74, 6) is -0.206. The Morgan fingerprint density at radius 1 is 1.33 bits per heavy atom. The summed E-state index contributed by atoms with van der Waals surface area (Å²) >= 11 is 0. The lowest BCUT2D eigenvalue weighted by molar-refractivity contribution is -0.149. The fraction of sp³-hybridized carbons (Fsp3) is 0.923. The first-order chi connectivity index (χ1) is 8.81. The minimum Gasteiger partial charge on any atom is -0.465 e. The van der Waals surface area contributed by atoms with Crippen LogP contribution in [-0.2, 0) is 19.0 Å². The van der Waals surface area contributed by atoms with Gasteiger partial charge < -0.3 is 14.2 Å². The van der Waals surface area contributed by atoms with Gasteiger partial charge in [0.2, 0.25) is 0 Å². The van der Waals surface area contributed by atoms with Gasteiger partial charge in [0, 0.05) is 19.8 Å². The van der Waals surface area contributed by atoms with E-state index in [0.29, 0.717) is 13.2 Å². The summed E-state index contributed by atoms with van der Waals surface area (Å²) in [7, 11) is 0. The number of hydrogen-bond acceptors (Lipinski definition) is 5. The molecular weight excluding hydrogens is 234 g/mol. The van der Waals surface area contributed by atoms with Gasteiger partial charge in [-0.05, 0) is 32.6 Å². The maximum Gasteiger partial charge on any atom is 0.325 e. The first kappa shape index (κ1) is 13.8. The lowest BCUT2D eigenvalue weighted by atomic mass is 10.1. The standard InChI is InChI=1S/C13H23NO4/c1-2-16-13(15)12(11-6-4-8-18-11)14-9-10-5-3-7-17-10/h10-12,14H,2-9H2,1H3. The maximum atomic E-state index is 11.9. The Hall–Kier alpha value is -0.650. The fourth-order valence-corrected chi connectivity index (χ4v) is 2.53. The maximum absolute atomic E-state index is 11.9. The van der Waals surface area contributed by atoms with E-state index in [1.54, 1.807) is 0 Å². The van der Waals surface area contributed by atoms with Gasteiger partial charge in [0.25, 0.3) is 0 Å². The van der Waals surface area contributed by atoms with Crippen LogP contribution in [0, 0.1) is 0 Å². The fourth-order valence-electron chi connectivity index (χ4n) is 2.53. The number of carbonyl (C=O) groups excluding carboxylic acids is 1. The molecule has 18 heavy (non-hydrogen) atoms. The third kappa shape index (κ3) is 3.67. The molecule has 3 unspecified atom stereocenters. The van der Waals surface area contributed by atoms with E-state index in [0.717, 1.165) is 38.9 Å². The first-order valence-corrected chi connectivity index (χ1v) is 6.94. The van der Waals surface area contributed by atoms with Gasteiger partial charge >= 0.3 is 5.97 Å². The van der Waals surface area contributed by atoms with E-state index in [-0.39, 0.29) is 24.2 Å². The van der Waals surface area contributed by atoms with E-state index in [1.807, 2.05) is 6.92 Å². The highest BCUT2D eigenvalue weighted by Gasteiger charge is 2.33. The van der Waals surface area contributed by atoms with E-state index < -0.39 is 0 Å². The average Bonchev–Trinajstić information content (AvgIpc) is 3.01. The van der Waals surface area contributed by atoms with Crippen molar-refractivity contribution in [3.8, 4) is 0 Å². The van der Waals surface area contributed by atoms with E-state index in [9.17, 15) is 4.79 Å². The molecule has 0 bridgehead atoms. The molecule has 0 saturated carbocycles. The Balaban J connectivity index is 1.84. The molecule has 1 N–H and O–H groups in total. The molecule has 0 aromatic carbocycles. The Kier molecular flexibility index (Phi) is 5.41. The van der Waals surface area contributed by atoms with Gasteiger partial charge in [-0.3, -0.25) is 10.1 Å². The average molecular weight is 257 g/mol. The molecule has 3 atom stereocenters. The monoisotopic (exact) mass is 257 g/mol. The van der Waals surface area contributed by atoms with Crippen LogP contribution in [0.2, 0.25) is 0 Å². The summed E-state index contributed by atoms with van der Waals surface area (Å²) in [5, 5.41) is 3.26. The Labute approximate surface area is 108 Å².